The predicted molar refractivity (Wildman–Crippen MR) is 143 cm³/mol. The van der Waals surface area contributed by atoms with Crippen LogP contribution in [0.3, 0.4) is 0 Å². The van der Waals surface area contributed by atoms with Crippen LogP contribution in [0.4, 0.5) is 4.79 Å². The fraction of sp³-hybridized carbons (Fsp3) is 0.870. The summed E-state index contributed by atoms with van der Waals surface area (Å²) in [7, 11) is 2.06. The highest BCUT2D eigenvalue weighted by Gasteiger charge is 2.37. The van der Waals surface area contributed by atoms with E-state index in [1.54, 1.807) is 21.3 Å². The van der Waals surface area contributed by atoms with Crippen molar-refractivity contribution in [2.24, 2.45) is 20.2 Å². The van der Waals surface area contributed by atoms with E-state index >= 15 is 0 Å². The summed E-state index contributed by atoms with van der Waals surface area (Å²) in [5.74, 6) is 1.65. The predicted octanol–water partition coefficient (Wildman–Crippen LogP) is 1.41. The fourth-order valence-electron chi connectivity index (χ4n) is 4.37. The van der Waals surface area contributed by atoms with Crippen molar-refractivity contribution in [3.63, 3.8) is 0 Å². The summed E-state index contributed by atoms with van der Waals surface area (Å²) in [6.45, 7) is 12.5. The molecular weight excluding hydrogens is 498 g/mol. The first-order valence-corrected chi connectivity index (χ1v) is 14.7. The first-order chi connectivity index (χ1) is 17.5. The maximum atomic E-state index is 12.1. The van der Waals surface area contributed by atoms with Gasteiger partial charge in [0.05, 0.1) is 26.2 Å². The number of carbonyl (C=O) groups is 1. The monoisotopic (exact) mass is 543 g/mol. The zero-order valence-electron chi connectivity index (χ0n) is 23.4. The van der Waals surface area contributed by atoms with Crippen molar-refractivity contribution in [3.05, 3.63) is 0 Å². The lowest BCUT2D eigenvalue weighted by molar-refractivity contribution is 0.122. The molecule has 0 radical (unpaired) electrons. The smallest absolute Gasteiger partial charge is 0.448 e. The molecule has 0 atom stereocenters. The van der Waals surface area contributed by atoms with Gasteiger partial charge < -0.3 is 38.2 Å². The number of carbonyl (C=O) groups excluding carboxylic acids is 1. The number of aliphatic imine (C=N–C) groups is 2. The Morgan fingerprint density at radius 2 is 1.49 bits per heavy atom. The van der Waals surface area contributed by atoms with E-state index in [1.165, 1.54) is 0 Å². The highest BCUT2D eigenvalue weighted by atomic mass is 28.4. The maximum absolute atomic E-state index is 12.1. The van der Waals surface area contributed by atoms with E-state index < -0.39 is 26.0 Å². The van der Waals surface area contributed by atoms with Crippen molar-refractivity contribution in [1.29, 1.82) is 0 Å². The highest BCUT2D eigenvalue weighted by molar-refractivity contribution is 6.60. The van der Waals surface area contributed by atoms with Crippen molar-refractivity contribution in [2.75, 3.05) is 80.4 Å². The van der Waals surface area contributed by atoms with E-state index in [1.807, 2.05) is 27.7 Å². The molecular formula is C23H45N7O6Si. The number of β-amino-alcohol motifs (C(OH)–C–C–N with tert-alkyl or cyclic N) is 1. The largest absolute Gasteiger partial charge is 0.500 e. The van der Waals surface area contributed by atoms with E-state index in [9.17, 15) is 9.90 Å². The minimum atomic E-state index is -2.64. The standard InChI is InChI=1S/C23H45N7O6Si/c1-22(2,19-24-10-12-29(19)14-16-31)27-28-23(3,4)20-25-11-13-30(20)15-17-36-21(32)26-9-8-18-37(33-5,34-6)35-7/h31H,8-18H2,1-7H3,(H,26,32). The molecule has 0 bridgehead atoms. The molecule has 14 heteroatoms. The number of hydrogen-bond acceptors (Lipinski definition) is 12. The molecule has 0 fully saturated rings. The zero-order chi connectivity index (χ0) is 27.5. The molecule has 0 aliphatic carbocycles. The van der Waals surface area contributed by atoms with E-state index in [0.29, 0.717) is 45.2 Å². The lowest BCUT2D eigenvalue weighted by atomic mass is 10.0. The summed E-state index contributed by atoms with van der Waals surface area (Å²) in [5, 5.41) is 21.4. The van der Waals surface area contributed by atoms with Crippen LogP contribution in [-0.4, -0.2) is 133 Å². The third-order valence-corrected chi connectivity index (χ3v) is 9.16. The van der Waals surface area contributed by atoms with Crippen molar-refractivity contribution < 1.29 is 27.9 Å². The van der Waals surface area contributed by atoms with Gasteiger partial charge in [-0.3, -0.25) is 9.98 Å². The Bertz CT molecular complexity index is 824. The van der Waals surface area contributed by atoms with Crippen molar-refractivity contribution in [2.45, 2.75) is 51.2 Å². The molecule has 212 valence electrons. The minimum Gasteiger partial charge on any atom is -0.448 e. The van der Waals surface area contributed by atoms with Gasteiger partial charge in [-0.25, -0.2) is 4.79 Å². The van der Waals surface area contributed by atoms with Crippen LogP contribution in [0.1, 0.15) is 34.1 Å². The summed E-state index contributed by atoms with van der Waals surface area (Å²) in [5.41, 5.74) is -1.27. The summed E-state index contributed by atoms with van der Waals surface area (Å²) in [4.78, 5) is 25.5. The number of rotatable bonds is 16. The van der Waals surface area contributed by atoms with E-state index in [0.717, 1.165) is 24.8 Å². The summed E-state index contributed by atoms with van der Waals surface area (Å²) >= 11 is 0. The number of ether oxygens (including phenoxy) is 1. The van der Waals surface area contributed by atoms with Gasteiger partial charge >= 0.3 is 14.9 Å². The number of alkyl carbamates (subject to hydrolysis) is 1. The molecule has 0 aromatic heterocycles. The van der Waals surface area contributed by atoms with Crippen LogP contribution in [0.25, 0.3) is 0 Å². The molecule has 1 amide bonds. The fourth-order valence-corrected chi connectivity index (χ4v) is 6.09. The van der Waals surface area contributed by atoms with Crippen molar-refractivity contribution >= 4 is 26.6 Å². The highest BCUT2D eigenvalue weighted by Crippen LogP contribution is 2.24. The molecule has 2 heterocycles. The van der Waals surface area contributed by atoms with Crippen LogP contribution >= 0.6 is 0 Å². The molecule has 0 aromatic carbocycles. The molecule has 37 heavy (non-hydrogen) atoms. The Kier molecular flexibility index (Phi) is 11.9. The van der Waals surface area contributed by atoms with Crippen LogP contribution in [0.2, 0.25) is 6.04 Å². The number of azo groups is 1. The van der Waals surface area contributed by atoms with Gasteiger partial charge in [0.2, 0.25) is 0 Å². The lowest BCUT2D eigenvalue weighted by Crippen LogP contribution is -2.45. The quantitative estimate of drug-likeness (QED) is 0.169. The number of amides is 1. The minimum absolute atomic E-state index is 0.0707. The molecule has 0 spiro atoms. The molecule has 13 nitrogen and oxygen atoms in total. The molecule has 2 N–H and O–H groups in total. The van der Waals surface area contributed by atoms with Crippen molar-refractivity contribution in [1.82, 2.24) is 15.1 Å². The molecule has 2 rings (SSSR count). The van der Waals surface area contributed by atoms with Gasteiger partial charge in [0, 0.05) is 53.6 Å². The Balaban J connectivity index is 1.82. The van der Waals surface area contributed by atoms with Gasteiger partial charge in [-0.05, 0) is 34.1 Å². The van der Waals surface area contributed by atoms with E-state index in [4.69, 9.17) is 18.0 Å². The zero-order valence-corrected chi connectivity index (χ0v) is 24.4. The van der Waals surface area contributed by atoms with E-state index in [-0.39, 0.29) is 13.2 Å². The van der Waals surface area contributed by atoms with Gasteiger partial charge in [0.1, 0.15) is 29.4 Å². The summed E-state index contributed by atoms with van der Waals surface area (Å²) in [6, 6.07) is 0.595. The number of aliphatic hydroxyl groups excluding tert-OH is 1. The van der Waals surface area contributed by atoms with Crippen LogP contribution in [0, 0.1) is 0 Å². The first kappa shape index (κ1) is 31.1. The second kappa shape index (κ2) is 14.1. The number of aliphatic hydroxyl groups is 1. The van der Waals surface area contributed by atoms with E-state index in [2.05, 4.69) is 35.3 Å². The number of nitrogens with zero attached hydrogens (tertiary/aromatic N) is 6. The Morgan fingerprint density at radius 3 is 1.97 bits per heavy atom. The van der Waals surface area contributed by atoms with Gasteiger partial charge in [-0.15, -0.1) is 0 Å². The molecule has 2 aliphatic rings. The Labute approximate surface area is 221 Å². The summed E-state index contributed by atoms with van der Waals surface area (Å²) < 4.78 is 21.5. The van der Waals surface area contributed by atoms with Crippen molar-refractivity contribution in [3.8, 4) is 0 Å². The van der Waals surface area contributed by atoms with Crippen LogP contribution in [0.15, 0.2) is 20.2 Å². The van der Waals surface area contributed by atoms with Crippen LogP contribution < -0.4 is 5.32 Å². The van der Waals surface area contributed by atoms with Gasteiger partial charge in [-0.1, -0.05) is 0 Å². The Hall–Kier alpha value is -2.13. The number of amidine groups is 2. The summed E-state index contributed by atoms with van der Waals surface area (Å²) in [6.07, 6.45) is 0.183. The van der Waals surface area contributed by atoms with Crippen LogP contribution in [0.5, 0.6) is 0 Å². The van der Waals surface area contributed by atoms with Gasteiger partial charge in [0.15, 0.2) is 0 Å². The molecule has 0 unspecified atom stereocenters. The van der Waals surface area contributed by atoms with Gasteiger partial charge in [-0.2, -0.15) is 10.2 Å². The topological polar surface area (TPSA) is 142 Å². The number of nitrogens with one attached hydrogen (secondary N) is 1. The Morgan fingerprint density at radius 1 is 0.973 bits per heavy atom. The third-order valence-electron chi connectivity index (χ3n) is 6.33. The first-order valence-electron chi connectivity index (χ1n) is 12.7. The number of hydrogen-bond donors (Lipinski definition) is 2. The van der Waals surface area contributed by atoms with Gasteiger partial charge in [0.25, 0.3) is 0 Å². The third kappa shape index (κ3) is 8.70. The average Bonchev–Trinajstić information content (AvgIpc) is 3.54. The second-order valence-corrected chi connectivity index (χ2v) is 13.0. The molecule has 0 saturated heterocycles. The molecule has 0 aromatic rings. The molecule has 2 aliphatic heterocycles. The molecule has 0 saturated carbocycles. The normalized spacial score (nSPS) is 17.0. The lowest BCUT2D eigenvalue weighted by Gasteiger charge is -2.31. The van der Waals surface area contributed by atoms with Crippen LogP contribution in [-0.2, 0) is 18.0 Å². The average molecular weight is 544 g/mol. The maximum Gasteiger partial charge on any atom is 0.500 e. The SMILES string of the molecule is CO[Si](CCCNC(=O)OCCN1CCN=C1C(C)(C)N=NC(C)(C)C1=NCCN1CCO)(OC)OC. The second-order valence-electron chi connectivity index (χ2n) is 9.89.